The van der Waals surface area contributed by atoms with Crippen LogP contribution in [0.5, 0.6) is 0 Å². The number of hydrogen-bond donors (Lipinski definition) is 0. The van der Waals surface area contributed by atoms with Gasteiger partial charge >= 0.3 is 0 Å². The van der Waals surface area contributed by atoms with Gasteiger partial charge in [-0.25, -0.2) is 0 Å². The highest BCUT2D eigenvalue weighted by molar-refractivity contribution is 5.91. The van der Waals surface area contributed by atoms with Crippen molar-refractivity contribution in [2.24, 2.45) is 0 Å². The van der Waals surface area contributed by atoms with Gasteiger partial charge in [-0.3, -0.25) is 9.97 Å². The van der Waals surface area contributed by atoms with Crippen LogP contribution in [0.15, 0.2) is 67.1 Å². The Morgan fingerprint density at radius 1 is 0.769 bits per heavy atom. The minimum Gasteiger partial charge on any atom is -0.264 e. The van der Waals surface area contributed by atoms with Gasteiger partial charge in [0.15, 0.2) is 0 Å². The van der Waals surface area contributed by atoms with Crippen molar-refractivity contribution in [2.45, 2.75) is 39.0 Å². The molecule has 4 aromatic rings. The molecule has 0 unspecified atom stereocenters. The summed E-state index contributed by atoms with van der Waals surface area (Å²) in [7, 11) is 0. The highest BCUT2D eigenvalue weighted by Gasteiger charge is 2.27. The number of fused-ring (bicyclic) bond motifs is 2. The van der Waals surface area contributed by atoms with Crippen LogP contribution in [-0.4, -0.2) is 9.97 Å². The van der Waals surface area contributed by atoms with E-state index in [0.29, 0.717) is 5.92 Å². The summed E-state index contributed by atoms with van der Waals surface area (Å²) in [5.74, 6) is 0.450. The first-order chi connectivity index (χ1) is 12.5. The zero-order valence-electron chi connectivity index (χ0n) is 15.8. The Balaban J connectivity index is 2.01. The molecule has 2 aromatic heterocycles. The van der Waals surface area contributed by atoms with Crippen molar-refractivity contribution in [3.8, 4) is 0 Å². The van der Waals surface area contributed by atoms with E-state index in [4.69, 9.17) is 0 Å². The standard InChI is InChI=1S/C24H24N2/c1-16(2)19-14-25-15-20-17(19)9-7-10-21(20)24(3,4)22-12-13-26-23-11-6-5-8-18(22)23/h5-16H,1-4H3. The van der Waals surface area contributed by atoms with Gasteiger partial charge in [-0.1, -0.05) is 64.1 Å². The molecule has 0 spiro atoms. The predicted octanol–water partition coefficient (Wildman–Crippen LogP) is 6.23. The Hall–Kier alpha value is -2.74. The van der Waals surface area contributed by atoms with Gasteiger partial charge in [-0.05, 0) is 40.1 Å². The molecule has 0 radical (unpaired) electrons. The van der Waals surface area contributed by atoms with Crippen LogP contribution in [0.3, 0.4) is 0 Å². The minimum atomic E-state index is -0.153. The monoisotopic (exact) mass is 340 g/mol. The van der Waals surface area contributed by atoms with E-state index in [2.05, 4.69) is 80.1 Å². The molecule has 2 heteroatoms. The SMILES string of the molecule is CC(C)c1cncc2c(C(C)(C)c3ccnc4ccccc34)cccc12. The number of para-hydroxylation sites is 1. The van der Waals surface area contributed by atoms with E-state index in [-0.39, 0.29) is 5.41 Å². The van der Waals surface area contributed by atoms with Gasteiger partial charge in [-0.15, -0.1) is 0 Å². The second-order valence-corrected chi connectivity index (χ2v) is 7.78. The Morgan fingerprint density at radius 2 is 1.50 bits per heavy atom. The maximum Gasteiger partial charge on any atom is 0.0705 e. The molecule has 130 valence electrons. The third-order valence-corrected chi connectivity index (χ3v) is 5.45. The second-order valence-electron chi connectivity index (χ2n) is 7.78. The molecule has 0 atom stereocenters. The second kappa shape index (κ2) is 6.21. The summed E-state index contributed by atoms with van der Waals surface area (Å²) in [6.07, 6.45) is 5.94. The van der Waals surface area contributed by atoms with Crippen LogP contribution in [-0.2, 0) is 5.41 Å². The quantitative estimate of drug-likeness (QED) is 0.441. The summed E-state index contributed by atoms with van der Waals surface area (Å²) in [5, 5.41) is 3.76. The molecule has 0 saturated carbocycles. The molecule has 0 amide bonds. The molecular formula is C24H24N2. The van der Waals surface area contributed by atoms with Gasteiger partial charge < -0.3 is 0 Å². The van der Waals surface area contributed by atoms with E-state index in [1.165, 1.54) is 32.8 Å². The van der Waals surface area contributed by atoms with Crippen molar-refractivity contribution < 1.29 is 0 Å². The molecular weight excluding hydrogens is 316 g/mol. The van der Waals surface area contributed by atoms with E-state index in [0.717, 1.165) is 5.52 Å². The highest BCUT2D eigenvalue weighted by Crippen LogP contribution is 2.39. The lowest BCUT2D eigenvalue weighted by atomic mass is 9.75. The van der Waals surface area contributed by atoms with E-state index in [1.807, 2.05) is 24.7 Å². The van der Waals surface area contributed by atoms with Crippen molar-refractivity contribution >= 4 is 21.7 Å². The lowest BCUT2D eigenvalue weighted by Gasteiger charge is -2.29. The third kappa shape index (κ3) is 2.57. The fraction of sp³-hybridized carbons (Fsp3) is 0.250. The van der Waals surface area contributed by atoms with Gasteiger partial charge in [0.05, 0.1) is 5.52 Å². The molecule has 0 aliphatic carbocycles. The average molecular weight is 340 g/mol. The molecule has 2 nitrogen and oxygen atoms in total. The number of nitrogens with zero attached hydrogens (tertiary/aromatic N) is 2. The van der Waals surface area contributed by atoms with Crippen LogP contribution >= 0.6 is 0 Å². The lowest BCUT2D eigenvalue weighted by molar-refractivity contribution is 0.652. The predicted molar refractivity (Wildman–Crippen MR) is 110 cm³/mol. The van der Waals surface area contributed by atoms with Crippen LogP contribution < -0.4 is 0 Å². The largest absolute Gasteiger partial charge is 0.264 e. The normalized spacial score (nSPS) is 12.2. The molecule has 0 aliphatic heterocycles. The zero-order chi connectivity index (χ0) is 18.3. The van der Waals surface area contributed by atoms with Crippen LogP contribution in [0, 0.1) is 0 Å². The highest BCUT2D eigenvalue weighted by atomic mass is 14.7. The van der Waals surface area contributed by atoms with Crippen LogP contribution in [0.25, 0.3) is 21.7 Å². The molecule has 0 N–H and O–H groups in total. The lowest BCUT2D eigenvalue weighted by Crippen LogP contribution is -2.20. The van der Waals surface area contributed by atoms with Gasteiger partial charge in [0.25, 0.3) is 0 Å². The number of hydrogen-bond acceptors (Lipinski definition) is 2. The maximum absolute atomic E-state index is 4.55. The molecule has 0 aliphatic rings. The third-order valence-electron chi connectivity index (χ3n) is 5.45. The Bertz CT molecular complexity index is 1090. The van der Waals surface area contributed by atoms with Crippen molar-refractivity contribution in [3.63, 3.8) is 0 Å². The van der Waals surface area contributed by atoms with E-state index < -0.39 is 0 Å². The van der Waals surface area contributed by atoms with Gasteiger partial charge in [-0.2, -0.15) is 0 Å². The number of aromatic nitrogens is 2. The van der Waals surface area contributed by atoms with E-state index >= 15 is 0 Å². The zero-order valence-corrected chi connectivity index (χ0v) is 15.8. The first kappa shape index (κ1) is 16.7. The summed E-state index contributed by atoms with van der Waals surface area (Å²) in [5.41, 5.74) is 4.80. The van der Waals surface area contributed by atoms with Crippen LogP contribution in [0.4, 0.5) is 0 Å². The summed E-state index contributed by atoms with van der Waals surface area (Å²) >= 11 is 0. The molecule has 2 heterocycles. The fourth-order valence-corrected chi connectivity index (χ4v) is 4.01. The fourth-order valence-electron chi connectivity index (χ4n) is 4.01. The molecule has 0 fully saturated rings. The van der Waals surface area contributed by atoms with Crippen molar-refractivity contribution in [2.75, 3.05) is 0 Å². The molecule has 2 aromatic carbocycles. The van der Waals surface area contributed by atoms with Crippen molar-refractivity contribution in [1.82, 2.24) is 9.97 Å². The molecule has 0 bridgehead atoms. The minimum absolute atomic E-state index is 0.153. The van der Waals surface area contributed by atoms with Gasteiger partial charge in [0.1, 0.15) is 0 Å². The van der Waals surface area contributed by atoms with Crippen molar-refractivity contribution in [1.29, 1.82) is 0 Å². The van der Waals surface area contributed by atoms with Crippen LogP contribution in [0.1, 0.15) is 50.3 Å². The molecule has 0 saturated heterocycles. The van der Waals surface area contributed by atoms with E-state index in [9.17, 15) is 0 Å². The number of pyridine rings is 2. The number of rotatable bonds is 3. The number of benzene rings is 2. The maximum atomic E-state index is 4.55. The van der Waals surface area contributed by atoms with Crippen LogP contribution in [0.2, 0.25) is 0 Å². The Morgan fingerprint density at radius 3 is 2.31 bits per heavy atom. The first-order valence-corrected chi connectivity index (χ1v) is 9.21. The first-order valence-electron chi connectivity index (χ1n) is 9.21. The average Bonchev–Trinajstić information content (AvgIpc) is 2.66. The Labute approximate surface area is 154 Å². The Kier molecular flexibility index (Phi) is 3.99. The van der Waals surface area contributed by atoms with Crippen molar-refractivity contribution in [3.05, 3.63) is 83.8 Å². The topological polar surface area (TPSA) is 25.8 Å². The summed E-state index contributed by atoms with van der Waals surface area (Å²) < 4.78 is 0. The summed E-state index contributed by atoms with van der Waals surface area (Å²) in [6, 6.07) is 17.2. The summed E-state index contributed by atoms with van der Waals surface area (Å²) in [4.78, 5) is 9.09. The smallest absolute Gasteiger partial charge is 0.0705 e. The van der Waals surface area contributed by atoms with Gasteiger partial charge in [0.2, 0.25) is 0 Å². The summed E-state index contributed by atoms with van der Waals surface area (Å²) in [6.45, 7) is 9.05. The van der Waals surface area contributed by atoms with Gasteiger partial charge in [0, 0.05) is 34.8 Å². The molecule has 4 rings (SSSR count). The van der Waals surface area contributed by atoms with E-state index in [1.54, 1.807) is 0 Å². The molecule has 26 heavy (non-hydrogen) atoms.